The van der Waals surface area contributed by atoms with Gasteiger partial charge in [0.15, 0.2) is 0 Å². The first-order valence-corrected chi connectivity index (χ1v) is 6.77. The SMILES string of the molecule is CC(C)OCC(O)CNCC1CCN(C)CC1. The average molecular weight is 244 g/mol. The third kappa shape index (κ3) is 6.99. The van der Waals surface area contributed by atoms with Crippen molar-refractivity contribution >= 4 is 0 Å². The fourth-order valence-corrected chi connectivity index (χ4v) is 2.08. The molecule has 4 heteroatoms. The highest BCUT2D eigenvalue weighted by Gasteiger charge is 2.16. The number of likely N-dealkylation sites (tertiary alicyclic amines) is 1. The van der Waals surface area contributed by atoms with Crippen molar-refractivity contribution in [2.75, 3.05) is 39.8 Å². The highest BCUT2D eigenvalue weighted by Crippen LogP contribution is 2.14. The molecule has 0 aliphatic carbocycles. The van der Waals surface area contributed by atoms with Crippen LogP contribution in [-0.2, 0) is 4.74 Å². The second kappa shape index (κ2) is 8.03. The fourth-order valence-electron chi connectivity index (χ4n) is 2.08. The molecular formula is C13H28N2O2. The maximum atomic E-state index is 9.67. The lowest BCUT2D eigenvalue weighted by atomic mass is 9.97. The molecule has 2 N–H and O–H groups in total. The Morgan fingerprint density at radius 2 is 2.00 bits per heavy atom. The number of rotatable bonds is 7. The molecule has 0 bridgehead atoms. The first-order chi connectivity index (χ1) is 8.08. The van der Waals surface area contributed by atoms with Gasteiger partial charge in [-0.1, -0.05) is 0 Å². The van der Waals surface area contributed by atoms with Crippen LogP contribution in [0.1, 0.15) is 26.7 Å². The number of aliphatic hydroxyl groups is 1. The van der Waals surface area contributed by atoms with Crippen molar-refractivity contribution in [2.24, 2.45) is 5.92 Å². The number of ether oxygens (including phenoxy) is 1. The van der Waals surface area contributed by atoms with Gasteiger partial charge < -0.3 is 20.1 Å². The lowest BCUT2D eigenvalue weighted by Crippen LogP contribution is -2.38. The zero-order chi connectivity index (χ0) is 12.7. The molecule has 1 rings (SSSR count). The zero-order valence-electron chi connectivity index (χ0n) is 11.5. The topological polar surface area (TPSA) is 44.7 Å². The van der Waals surface area contributed by atoms with Gasteiger partial charge in [0.25, 0.3) is 0 Å². The first kappa shape index (κ1) is 14.9. The van der Waals surface area contributed by atoms with Gasteiger partial charge in [0, 0.05) is 6.54 Å². The van der Waals surface area contributed by atoms with E-state index in [-0.39, 0.29) is 12.2 Å². The van der Waals surface area contributed by atoms with Crippen LogP contribution in [0.3, 0.4) is 0 Å². The van der Waals surface area contributed by atoms with Crippen LogP contribution >= 0.6 is 0 Å². The van der Waals surface area contributed by atoms with Crippen molar-refractivity contribution in [3.8, 4) is 0 Å². The van der Waals surface area contributed by atoms with Gasteiger partial charge in [-0.05, 0) is 59.3 Å². The van der Waals surface area contributed by atoms with Crippen LogP contribution in [0.4, 0.5) is 0 Å². The summed E-state index contributed by atoms with van der Waals surface area (Å²) in [5, 5.41) is 13.0. The lowest BCUT2D eigenvalue weighted by Gasteiger charge is -2.29. The van der Waals surface area contributed by atoms with E-state index in [0.717, 1.165) is 12.5 Å². The van der Waals surface area contributed by atoms with Gasteiger partial charge in [0.05, 0.1) is 18.8 Å². The zero-order valence-corrected chi connectivity index (χ0v) is 11.5. The number of hydrogen-bond acceptors (Lipinski definition) is 4. The van der Waals surface area contributed by atoms with Gasteiger partial charge in [0.2, 0.25) is 0 Å². The predicted molar refractivity (Wildman–Crippen MR) is 70.2 cm³/mol. The molecule has 1 fully saturated rings. The normalized spacial score (nSPS) is 21.0. The van der Waals surface area contributed by atoms with Crippen molar-refractivity contribution < 1.29 is 9.84 Å². The van der Waals surface area contributed by atoms with E-state index in [4.69, 9.17) is 4.74 Å². The summed E-state index contributed by atoms with van der Waals surface area (Å²) in [6.45, 7) is 8.46. The van der Waals surface area contributed by atoms with Gasteiger partial charge >= 0.3 is 0 Å². The first-order valence-electron chi connectivity index (χ1n) is 6.77. The van der Waals surface area contributed by atoms with E-state index in [1.807, 2.05) is 13.8 Å². The molecule has 0 spiro atoms. The number of hydrogen-bond donors (Lipinski definition) is 2. The standard InChI is InChI=1S/C13H28N2O2/c1-11(2)17-10-13(16)9-14-8-12-4-6-15(3)7-5-12/h11-14,16H,4-10H2,1-3H3. The molecule has 1 aliphatic heterocycles. The Kier molecular flexibility index (Phi) is 7.04. The second-order valence-corrected chi connectivity index (χ2v) is 5.44. The minimum atomic E-state index is -0.385. The quantitative estimate of drug-likeness (QED) is 0.692. The Morgan fingerprint density at radius 1 is 1.35 bits per heavy atom. The van der Waals surface area contributed by atoms with Gasteiger partial charge in [-0.2, -0.15) is 0 Å². The summed E-state index contributed by atoms with van der Waals surface area (Å²) in [6, 6.07) is 0. The molecule has 1 saturated heterocycles. The molecular weight excluding hydrogens is 216 g/mol. The highest BCUT2D eigenvalue weighted by molar-refractivity contribution is 4.72. The van der Waals surface area contributed by atoms with E-state index >= 15 is 0 Å². The van der Waals surface area contributed by atoms with E-state index in [1.165, 1.54) is 25.9 Å². The van der Waals surface area contributed by atoms with Crippen molar-refractivity contribution in [3.05, 3.63) is 0 Å². The Labute approximate surface area is 105 Å². The maximum Gasteiger partial charge on any atom is 0.0897 e. The Hall–Kier alpha value is -0.160. The molecule has 1 aliphatic rings. The van der Waals surface area contributed by atoms with Crippen LogP contribution in [-0.4, -0.2) is 62.0 Å². The van der Waals surface area contributed by atoms with E-state index in [2.05, 4.69) is 17.3 Å². The maximum absolute atomic E-state index is 9.67. The average Bonchev–Trinajstić information content (AvgIpc) is 2.29. The van der Waals surface area contributed by atoms with Gasteiger partial charge in [0.1, 0.15) is 0 Å². The number of piperidine rings is 1. The van der Waals surface area contributed by atoms with Crippen LogP contribution in [0, 0.1) is 5.92 Å². The molecule has 1 unspecified atom stereocenters. The van der Waals surface area contributed by atoms with Crippen LogP contribution < -0.4 is 5.32 Å². The Bertz CT molecular complexity index is 192. The molecule has 0 amide bonds. The number of nitrogens with one attached hydrogen (secondary N) is 1. The summed E-state index contributed by atoms with van der Waals surface area (Å²) in [5.41, 5.74) is 0. The van der Waals surface area contributed by atoms with Gasteiger partial charge in [-0.3, -0.25) is 0 Å². The second-order valence-electron chi connectivity index (χ2n) is 5.44. The van der Waals surface area contributed by atoms with Gasteiger partial charge in [-0.15, -0.1) is 0 Å². The smallest absolute Gasteiger partial charge is 0.0897 e. The van der Waals surface area contributed by atoms with E-state index in [9.17, 15) is 5.11 Å². The van der Waals surface area contributed by atoms with Crippen LogP contribution in [0.2, 0.25) is 0 Å². The largest absolute Gasteiger partial charge is 0.389 e. The highest BCUT2D eigenvalue weighted by atomic mass is 16.5. The molecule has 4 nitrogen and oxygen atoms in total. The molecule has 0 aromatic rings. The number of nitrogens with zero attached hydrogens (tertiary/aromatic N) is 1. The summed E-state index contributed by atoms with van der Waals surface area (Å²) in [7, 11) is 2.18. The van der Waals surface area contributed by atoms with E-state index in [0.29, 0.717) is 13.2 Å². The van der Waals surface area contributed by atoms with Crippen molar-refractivity contribution in [1.82, 2.24) is 10.2 Å². The minimum Gasteiger partial charge on any atom is -0.389 e. The Morgan fingerprint density at radius 3 is 2.59 bits per heavy atom. The molecule has 1 atom stereocenters. The summed E-state index contributed by atoms with van der Waals surface area (Å²) in [6.07, 6.45) is 2.34. The van der Waals surface area contributed by atoms with Crippen LogP contribution in [0.25, 0.3) is 0 Å². The van der Waals surface area contributed by atoms with Gasteiger partial charge in [-0.25, -0.2) is 0 Å². The van der Waals surface area contributed by atoms with E-state index in [1.54, 1.807) is 0 Å². The molecule has 102 valence electrons. The van der Waals surface area contributed by atoms with Crippen LogP contribution in [0.5, 0.6) is 0 Å². The molecule has 1 heterocycles. The summed E-state index contributed by atoms with van der Waals surface area (Å²) >= 11 is 0. The molecule has 0 aromatic heterocycles. The number of aliphatic hydroxyl groups excluding tert-OH is 1. The predicted octanol–water partition coefficient (Wildman–Crippen LogP) is 0.704. The Balaban J connectivity index is 1.99. The third-order valence-corrected chi connectivity index (χ3v) is 3.27. The summed E-state index contributed by atoms with van der Waals surface area (Å²) in [4.78, 5) is 2.38. The minimum absolute atomic E-state index is 0.193. The third-order valence-electron chi connectivity index (χ3n) is 3.27. The van der Waals surface area contributed by atoms with E-state index < -0.39 is 0 Å². The fraction of sp³-hybridized carbons (Fsp3) is 1.00. The van der Waals surface area contributed by atoms with Crippen molar-refractivity contribution in [2.45, 2.75) is 38.9 Å². The molecule has 0 radical (unpaired) electrons. The monoisotopic (exact) mass is 244 g/mol. The molecule has 0 aromatic carbocycles. The molecule has 0 saturated carbocycles. The molecule has 17 heavy (non-hydrogen) atoms. The lowest BCUT2D eigenvalue weighted by molar-refractivity contribution is 0.00593. The summed E-state index contributed by atoms with van der Waals surface area (Å²) < 4.78 is 5.36. The summed E-state index contributed by atoms with van der Waals surface area (Å²) in [5.74, 6) is 0.768. The van der Waals surface area contributed by atoms with Crippen molar-refractivity contribution in [1.29, 1.82) is 0 Å². The van der Waals surface area contributed by atoms with Crippen molar-refractivity contribution in [3.63, 3.8) is 0 Å². The van der Waals surface area contributed by atoms with Crippen LogP contribution in [0.15, 0.2) is 0 Å².